The summed E-state index contributed by atoms with van der Waals surface area (Å²) in [7, 11) is -4.01. The Morgan fingerprint density at radius 3 is 2.69 bits per heavy atom. The van der Waals surface area contributed by atoms with Gasteiger partial charge in [0.25, 0.3) is 0 Å². The molecule has 7 nitrogen and oxygen atoms in total. The highest BCUT2D eigenvalue weighted by Gasteiger charge is 2.46. The summed E-state index contributed by atoms with van der Waals surface area (Å²) >= 11 is 1.01. The molecule has 2 atom stereocenters. The molecule has 2 aromatic rings. The number of thiophene rings is 1. The maximum absolute atomic E-state index is 13.3. The highest BCUT2D eigenvalue weighted by atomic mass is 32.2. The Labute approximate surface area is 169 Å². The third-order valence-electron chi connectivity index (χ3n) is 5.34. The SMILES string of the molecule is Cc1sc(-c2cc(C(F)(F)F)on2)cc1S(=O)(=O)N1CC2CCCN2C(=O)C1C. The number of halogens is 3. The molecule has 4 rings (SSSR count). The van der Waals surface area contributed by atoms with Crippen LogP contribution >= 0.6 is 11.3 Å². The van der Waals surface area contributed by atoms with E-state index in [1.54, 1.807) is 18.7 Å². The minimum atomic E-state index is -4.68. The van der Waals surface area contributed by atoms with Crippen LogP contribution in [0.5, 0.6) is 0 Å². The molecule has 0 spiro atoms. The molecule has 2 aromatic heterocycles. The van der Waals surface area contributed by atoms with Crippen molar-refractivity contribution in [2.24, 2.45) is 0 Å². The molecule has 0 N–H and O–H groups in total. The maximum atomic E-state index is 13.3. The number of fused-ring (bicyclic) bond motifs is 1. The van der Waals surface area contributed by atoms with Crippen molar-refractivity contribution in [2.45, 2.75) is 49.8 Å². The molecule has 0 radical (unpaired) electrons. The number of aryl methyl sites for hydroxylation is 1. The van der Waals surface area contributed by atoms with Gasteiger partial charge in [-0.1, -0.05) is 5.16 Å². The van der Waals surface area contributed by atoms with E-state index in [0.29, 0.717) is 11.4 Å². The summed E-state index contributed by atoms with van der Waals surface area (Å²) in [5.41, 5.74) is -0.0865. The Hall–Kier alpha value is -1.92. The molecule has 2 aliphatic rings. The van der Waals surface area contributed by atoms with E-state index in [-0.39, 0.29) is 34.0 Å². The Morgan fingerprint density at radius 2 is 2.03 bits per heavy atom. The number of alkyl halides is 3. The van der Waals surface area contributed by atoms with Crippen molar-refractivity contribution in [3.05, 3.63) is 22.8 Å². The maximum Gasteiger partial charge on any atom is 0.452 e. The molecule has 2 saturated heterocycles. The van der Waals surface area contributed by atoms with Crippen LogP contribution in [-0.4, -0.2) is 53.9 Å². The van der Waals surface area contributed by atoms with Crippen LogP contribution < -0.4 is 0 Å². The summed E-state index contributed by atoms with van der Waals surface area (Å²) in [6.45, 7) is 3.98. The second-order valence-electron chi connectivity index (χ2n) is 7.18. The lowest BCUT2D eigenvalue weighted by atomic mass is 10.1. The fourth-order valence-electron chi connectivity index (χ4n) is 3.85. The molecule has 0 aromatic carbocycles. The van der Waals surface area contributed by atoms with Gasteiger partial charge in [0.05, 0.1) is 9.77 Å². The number of sulfonamides is 1. The van der Waals surface area contributed by atoms with Crippen molar-refractivity contribution in [1.82, 2.24) is 14.4 Å². The number of carbonyl (C=O) groups is 1. The molecule has 0 aliphatic carbocycles. The smallest absolute Gasteiger partial charge is 0.351 e. The second kappa shape index (κ2) is 6.81. The van der Waals surface area contributed by atoms with E-state index >= 15 is 0 Å². The third-order valence-corrected chi connectivity index (χ3v) is 8.61. The Balaban J connectivity index is 1.68. The minimum Gasteiger partial charge on any atom is -0.351 e. The molecule has 158 valence electrons. The first kappa shape index (κ1) is 20.4. The Bertz CT molecular complexity index is 1060. The Kier molecular flexibility index (Phi) is 4.78. The largest absolute Gasteiger partial charge is 0.452 e. The lowest BCUT2D eigenvalue weighted by molar-refractivity contribution is -0.155. The van der Waals surface area contributed by atoms with Crippen molar-refractivity contribution in [3.63, 3.8) is 0 Å². The molecule has 2 fully saturated rings. The molecule has 12 heteroatoms. The lowest BCUT2D eigenvalue weighted by Crippen LogP contribution is -2.59. The van der Waals surface area contributed by atoms with Gasteiger partial charge in [0.2, 0.25) is 21.7 Å². The van der Waals surface area contributed by atoms with Gasteiger partial charge >= 0.3 is 6.18 Å². The molecule has 29 heavy (non-hydrogen) atoms. The van der Waals surface area contributed by atoms with Gasteiger partial charge in [-0.05, 0) is 32.8 Å². The third kappa shape index (κ3) is 3.36. The molecular weight excluding hydrogens is 431 g/mol. The fraction of sp³-hybridized carbons (Fsp3) is 0.529. The molecule has 0 bridgehead atoms. The van der Waals surface area contributed by atoms with Crippen LogP contribution in [0.3, 0.4) is 0 Å². The van der Waals surface area contributed by atoms with Gasteiger partial charge in [-0.25, -0.2) is 8.42 Å². The average molecular weight is 449 g/mol. The van der Waals surface area contributed by atoms with E-state index in [0.717, 1.165) is 30.2 Å². The molecule has 4 heterocycles. The fourth-order valence-corrected chi connectivity index (χ4v) is 6.99. The van der Waals surface area contributed by atoms with Crippen molar-refractivity contribution >= 4 is 27.3 Å². The van der Waals surface area contributed by atoms with Crippen molar-refractivity contribution in [1.29, 1.82) is 0 Å². The predicted molar refractivity (Wildman–Crippen MR) is 97.6 cm³/mol. The van der Waals surface area contributed by atoms with Crippen LogP contribution in [0, 0.1) is 6.92 Å². The summed E-state index contributed by atoms with van der Waals surface area (Å²) in [5, 5.41) is 3.42. The number of amides is 1. The average Bonchev–Trinajstić information content (AvgIpc) is 3.35. The number of aromatic nitrogens is 1. The number of piperazine rings is 1. The van der Waals surface area contributed by atoms with Gasteiger partial charge < -0.3 is 9.42 Å². The molecule has 2 unspecified atom stereocenters. The zero-order valence-corrected chi connectivity index (χ0v) is 17.2. The van der Waals surface area contributed by atoms with Crippen LogP contribution in [0.1, 0.15) is 30.4 Å². The summed E-state index contributed by atoms with van der Waals surface area (Å²) in [5.74, 6) is -1.47. The zero-order valence-electron chi connectivity index (χ0n) is 15.6. The topological polar surface area (TPSA) is 83.7 Å². The Morgan fingerprint density at radius 1 is 1.31 bits per heavy atom. The van der Waals surface area contributed by atoms with Crippen LogP contribution in [0.15, 0.2) is 21.6 Å². The molecule has 2 aliphatic heterocycles. The van der Waals surface area contributed by atoms with E-state index < -0.39 is 28.0 Å². The highest BCUT2D eigenvalue weighted by Crippen LogP contribution is 2.39. The van der Waals surface area contributed by atoms with E-state index in [2.05, 4.69) is 9.68 Å². The molecule has 1 amide bonds. The lowest BCUT2D eigenvalue weighted by Gasteiger charge is -2.40. The number of hydrogen-bond acceptors (Lipinski definition) is 6. The molecular formula is C17H18F3N3O4S2. The van der Waals surface area contributed by atoms with Crippen molar-refractivity contribution < 1.29 is 30.9 Å². The zero-order chi connectivity index (χ0) is 21.1. The highest BCUT2D eigenvalue weighted by molar-refractivity contribution is 7.89. The van der Waals surface area contributed by atoms with E-state index in [9.17, 15) is 26.4 Å². The van der Waals surface area contributed by atoms with Gasteiger partial charge in [-0.3, -0.25) is 4.79 Å². The van der Waals surface area contributed by atoms with Gasteiger partial charge in [0.15, 0.2) is 0 Å². The normalized spacial score (nSPS) is 23.6. The monoisotopic (exact) mass is 449 g/mol. The van der Waals surface area contributed by atoms with Gasteiger partial charge in [-0.15, -0.1) is 11.3 Å². The first-order chi connectivity index (χ1) is 13.5. The summed E-state index contributed by atoms with van der Waals surface area (Å²) in [6, 6.07) is 1.06. The first-order valence-corrected chi connectivity index (χ1v) is 11.2. The first-order valence-electron chi connectivity index (χ1n) is 8.97. The number of rotatable bonds is 3. The summed E-state index contributed by atoms with van der Waals surface area (Å²) in [4.78, 5) is 15.0. The van der Waals surface area contributed by atoms with Crippen LogP contribution in [0.4, 0.5) is 13.2 Å². The minimum absolute atomic E-state index is 0.0276. The van der Waals surface area contributed by atoms with Crippen LogP contribution in [-0.2, 0) is 21.0 Å². The van der Waals surface area contributed by atoms with Crippen molar-refractivity contribution in [2.75, 3.05) is 13.1 Å². The summed E-state index contributed by atoms with van der Waals surface area (Å²) < 4.78 is 70.4. The number of nitrogens with zero attached hydrogens (tertiary/aromatic N) is 3. The number of hydrogen-bond donors (Lipinski definition) is 0. The summed E-state index contributed by atoms with van der Waals surface area (Å²) in [6.07, 6.45) is -3.09. The van der Waals surface area contributed by atoms with Gasteiger partial charge in [0, 0.05) is 30.1 Å². The van der Waals surface area contributed by atoms with Gasteiger partial charge in [-0.2, -0.15) is 17.5 Å². The van der Waals surface area contributed by atoms with Crippen molar-refractivity contribution in [3.8, 4) is 10.6 Å². The second-order valence-corrected chi connectivity index (χ2v) is 10.3. The standard InChI is InChI=1S/C17H18F3N3O4S2/c1-9-16(24)22-5-3-4-11(22)8-23(9)29(25,26)14-7-13(28-10(14)2)12-6-15(27-21-12)17(18,19)20/h6-7,9,11H,3-5,8H2,1-2H3. The predicted octanol–water partition coefficient (Wildman–Crippen LogP) is 3.11. The van der Waals surface area contributed by atoms with Crippen LogP contribution in [0.25, 0.3) is 10.6 Å². The van der Waals surface area contributed by atoms with E-state index in [1.807, 2.05) is 0 Å². The number of carbonyl (C=O) groups excluding carboxylic acids is 1. The van der Waals surface area contributed by atoms with E-state index in [4.69, 9.17) is 0 Å². The van der Waals surface area contributed by atoms with E-state index in [1.165, 1.54) is 10.4 Å². The van der Waals surface area contributed by atoms with Crippen LogP contribution in [0.2, 0.25) is 0 Å². The quantitative estimate of drug-likeness (QED) is 0.719. The molecule has 0 saturated carbocycles. The van der Waals surface area contributed by atoms with Gasteiger partial charge in [0.1, 0.15) is 11.7 Å².